The highest BCUT2D eigenvalue weighted by Gasteiger charge is 2.04. The van der Waals surface area contributed by atoms with Gasteiger partial charge in [-0.25, -0.2) is 0 Å². The van der Waals surface area contributed by atoms with E-state index in [0.717, 1.165) is 0 Å². The SMILES string of the molecule is CC(=O)NCCNc1cccc(Cl)c1C#N. The van der Waals surface area contributed by atoms with Gasteiger partial charge in [0.05, 0.1) is 16.3 Å². The van der Waals surface area contributed by atoms with Crippen molar-refractivity contribution in [3.63, 3.8) is 0 Å². The fourth-order valence-electron chi connectivity index (χ4n) is 1.22. The summed E-state index contributed by atoms with van der Waals surface area (Å²) in [5, 5.41) is 15.0. The summed E-state index contributed by atoms with van der Waals surface area (Å²) in [5.41, 5.74) is 1.10. The fraction of sp³-hybridized carbons (Fsp3) is 0.273. The van der Waals surface area contributed by atoms with Gasteiger partial charge in [-0.2, -0.15) is 5.26 Å². The van der Waals surface area contributed by atoms with Gasteiger partial charge in [0.15, 0.2) is 0 Å². The maximum absolute atomic E-state index is 10.6. The van der Waals surface area contributed by atoms with Crippen LogP contribution in [0.25, 0.3) is 0 Å². The second kappa shape index (κ2) is 5.99. The van der Waals surface area contributed by atoms with Crippen molar-refractivity contribution in [1.82, 2.24) is 5.32 Å². The first kappa shape index (κ1) is 12.3. The van der Waals surface area contributed by atoms with Gasteiger partial charge in [-0.3, -0.25) is 4.79 Å². The summed E-state index contributed by atoms with van der Waals surface area (Å²) in [6.07, 6.45) is 0. The number of hydrogen-bond donors (Lipinski definition) is 2. The molecule has 0 radical (unpaired) electrons. The molecule has 1 aromatic carbocycles. The van der Waals surface area contributed by atoms with Crippen LogP contribution in [0, 0.1) is 11.3 Å². The Morgan fingerprint density at radius 2 is 2.25 bits per heavy atom. The second-order valence-corrected chi connectivity index (χ2v) is 3.59. The minimum Gasteiger partial charge on any atom is -0.382 e. The first-order valence-corrected chi connectivity index (χ1v) is 5.20. The summed E-state index contributed by atoms with van der Waals surface area (Å²) < 4.78 is 0. The van der Waals surface area contributed by atoms with Gasteiger partial charge in [-0.15, -0.1) is 0 Å². The number of carbonyl (C=O) groups excluding carboxylic acids is 1. The van der Waals surface area contributed by atoms with Crippen molar-refractivity contribution >= 4 is 23.2 Å². The highest BCUT2D eigenvalue weighted by Crippen LogP contribution is 2.22. The van der Waals surface area contributed by atoms with Crippen molar-refractivity contribution in [1.29, 1.82) is 5.26 Å². The molecule has 0 aromatic heterocycles. The van der Waals surface area contributed by atoms with Crippen LogP contribution in [0.1, 0.15) is 12.5 Å². The number of nitrogens with zero attached hydrogens (tertiary/aromatic N) is 1. The maximum Gasteiger partial charge on any atom is 0.216 e. The molecule has 0 bridgehead atoms. The smallest absolute Gasteiger partial charge is 0.216 e. The molecule has 1 amide bonds. The molecule has 0 aliphatic heterocycles. The van der Waals surface area contributed by atoms with E-state index in [9.17, 15) is 4.79 Å². The second-order valence-electron chi connectivity index (χ2n) is 3.18. The van der Waals surface area contributed by atoms with E-state index >= 15 is 0 Å². The van der Waals surface area contributed by atoms with E-state index in [0.29, 0.717) is 29.4 Å². The van der Waals surface area contributed by atoms with Crippen LogP contribution in [0.4, 0.5) is 5.69 Å². The van der Waals surface area contributed by atoms with Gasteiger partial charge in [0, 0.05) is 20.0 Å². The van der Waals surface area contributed by atoms with Crippen molar-refractivity contribution < 1.29 is 4.79 Å². The Balaban J connectivity index is 2.58. The number of rotatable bonds is 4. The van der Waals surface area contributed by atoms with Gasteiger partial charge in [-0.05, 0) is 12.1 Å². The molecule has 0 saturated heterocycles. The van der Waals surface area contributed by atoms with E-state index < -0.39 is 0 Å². The third kappa shape index (κ3) is 3.44. The maximum atomic E-state index is 10.6. The Morgan fingerprint density at radius 3 is 2.88 bits per heavy atom. The largest absolute Gasteiger partial charge is 0.382 e. The third-order valence-corrected chi connectivity index (χ3v) is 2.25. The number of nitriles is 1. The van der Waals surface area contributed by atoms with Crippen molar-refractivity contribution in [3.05, 3.63) is 28.8 Å². The van der Waals surface area contributed by atoms with Gasteiger partial charge in [0.25, 0.3) is 0 Å². The fourth-order valence-corrected chi connectivity index (χ4v) is 1.44. The Bertz CT molecular complexity index is 426. The van der Waals surface area contributed by atoms with Crippen LogP contribution in [-0.2, 0) is 4.79 Å². The average Bonchev–Trinajstić information content (AvgIpc) is 2.24. The average molecular weight is 238 g/mol. The minimum absolute atomic E-state index is 0.0756. The summed E-state index contributed by atoms with van der Waals surface area (Å²) in [7, 11) is 0. The molecule has 16 heavy (non-hydrogen) atoms. The molecule has 5 heteroatoms. The van der Waals surface area contributed by atoms with Crippen LogP contribution >= 0.6 is 11.6 Å². The molecule has 4 nitrogen and oxygen atoms in total. The van der Waals surface area contributed by atoms with Gasteiger partial charge >= 0.3 is 0 Å². The molecule has 84 valence electrons. The van der Waals surface area contributed by atoms with E-state index in [4.69, 9.17) is 16.9 Å². The highest BCUT2D eigenvalue weighted by molar-refractivity contribution is 6.32. The standard InChI is InChI=1S/C11H12ClN3O/c1-8(16)14-5-6-15-11-4-2-3-10(12)9(11)7-13/h2-4,15H,5-6H2,1H3,(H,14,16). The summed E-state index contributed by atoms with van der Waals surface area (Å²) in [4.78, 5) is 10.6. The lowest BCUT2D eigenvalue weighted by molar-refractivity contribution is -0.118. The molecule has 0 spiro atoms. The zero-order valence-corrected chi connectivity index (χ0v) is 9.64. The molecule has 2 N–H and O–H groups in total. The van der Waals surface area contributed by atoms with Crippen molar-refractivity contribution in [2.24, 2.45) is 0 Å². The molecule has 0 unspecified atom stereocenters. The minimum atomic E-state index is -0.0756. The predicted octanol–water partition coefficient (Wildman–Crippen LogP) is 1.76. The van der Waals surface area contributed by atoms with Gasteiger partial charge in [0.1, 0.15) is 6.07 Å². The lowest BCUT2D eigenvalue weighted by Crippen LogP contribution is -2.26. The lowest BCUT2D eigenvalue weighted by atomic mass is 10.2. The Labute approximate surface area is 99.2 Å². The molecule has 0 aliphatic rings. The molecular formula is C11H12ClN3O. The Morgan fingerprint density at radius 1 is 1.50 bits per heavy atom. The summed E-state index contributed by atoms with van der Waals surface area (Å²) in [6.45, 7) is 2.52. The van der Waals surface area contributed by atoms with Crippen LogP contribution in [0.2, 0.25) is 5.02 Å². The number of halogens is 1. The zero-order valence-electron chi connectivity index (χ0n) is 8.88. The molecule has 1 rings (SSSR count). The number of carbonyl (C=O) groups is 1. The lowest BCUT2D eigenvalue weighted by Gasteiger charge is -2.09. The van der Waals surface area contributed by atoms with E-state index in [2.05, 4.69) is 10.6 Å². The highest BCUT2D eigenvalue weighted by atomic mass is 35.5. The monoisotopic (exact) mass is 237 g/mol. The number of benzene rings is 1. The number of hydrogen-bond acceptors (Lipinski definition) is 3. The molecule has 0 heterocycles. The van der Waals surface area contributed by atoms with Crippen LogP contribution < -0.4 is 10.6 Å². The zero-order chi connectivity index (χ0) is 12.0. The van der Waals surface area contributed by atoms with E-state index in [-0.39, 0.29) is 5.91 Å². The van der Waals surface area contributed by atoms with E-state index in [1.54, 1.807) is 18.2 Å². The Hall–Kier alpha value is -1.73. The van der Waals surface area contributed by atoms with Crippen LogP contribution in [0.3, 0.4) is 0 Å². The van der Waals surface area contributed by atoms with Crippen molar-refractivity contribution in [2.75, 3.05) is 18.4 Å². The molecule has 0 saturated carbocycles. The van der Waals surface area contributed by atoms with Gasteiger partial charge in [-0.1, -0.05) is 17.7 Å². The summed E-state index contributed by atoms with van der Waals surface area (Å²) in [5.74, 6) is -0.0756. The van der Waals surface area contributed by atoms with E-state index in [1.165, 1.54) is 6.92 Å². The molecule has 0 fully saturated rings. The first-order chi connectivity index (χ1) is 7.65. The Kier molecular flexibility index (Phi) is 4.62. The number of anilines is 1. The van der Waals surface area contributed by atoms with Crippen molar-refractivity contribution in [2.45, 2.75) is 6.92 Å². The third-order valence-electron chi connectivity index (χ3n) is 1.94. The van der Waals surface area contributed by atoms with E-state index in [1.807, 2.05) is 6.07 Å². The number of nitrogens with one attached hydrogen (secondary N) is 2. The topological polar surface area (TPSA) is 64.9 Å². The number of amides is 1. The molecule has 0 aliphatic carbocycles. The summed E-state index contributed by atoms with van der Waals surface area (Å²) >= 11 is 5.86. The van der Waals surface area contributed by atoms with Gasteiger partial charge in [0.2, 0.25) is 5.91 Å². The summed E-state index contributed by atoms with van der Waals surface area (Å²) in [6, 6.07) is 7.24. The molecule has 1 aromatic rings. The normalized spacial score (nSPS) is 9.31. The molecular weight excluding hydrogens is 226 g/mol. The molecule has 0 atom stereocenters. The predicted molar refractivity (Wildman–Crippen MR) is 63.3 cm³/mol. The van der Waals surface area contributed by atoms with Gasteiger partial charge < -0.3 is 10.6 Å². The van der Waals surface area contributed by atoms with Crippen molar-refractivity contribution in [3.8, 4) is 6.07 Å². The van der Waals surface area contributed by atoms with Crippen LogP contribution in [0.15, 0.2) is 18.2 Å². The van der Waals surface area contributed by atoms with Crippen LogP contribution in [-0.4, -0.2) is 19.0 Å². The first-order valence-electron chi connectivity index (χ1n) is 4.82. The van der Waals surface area contributed by atoms with Crippen LogP contribution in [0.5, 0.6) is 0 Å². The quantitative estimate of drug-likeness (QED) is 0.785.